The van der Waals surface area contributed by atoms with Crippen molar-refractivity contribution in [3.05, 3.63) is 46.7 Å². The number of aliphatic hydroxyl groups excluding tert-OH is 1. The number of hydrogen-bond donors (Lipinski definition) is 2. The fourth-order valence-electron chi connectivity index (χ4n) is 3.79. The van der Waals surface area contributed by atoms with E-state index in [4.69, 9.17) is 0 Å². The lowest BCUT2D eigenvalue weighted by Gasteiger charge is -2.42. The van der Waals surface area contributed by atoms with Crippen LogP contribution in [0.25, 0.3) is 0 Å². The van der Waals surface area contributed by atoms with Crippen LogP contribution in [0.5, 0.6) is 0 Å². The van der Waals surface area contributed by atoms with Crippen molar-refractivity contribution in [2.75, 3.05) is 0 Å². The van der Waals surface area contributed by atoms with Crippen LogP contribution in [-0.2, 0) is 9.59 Å². The van der Waals surface area contributed by atoms with Crippen LogP contribution in [0.2, 0.25) is 0 Å². The van der Waals surface area contributed by atoms with Crippen LogP contribution in [-0.4, -0.2) is 27.4 Å². The first-order chi connectivity index (χ1) is 11.1. The van der Waals surface area contributed by atoms with E-state index in [1.54, 1.807) is 6.92 Å². The molecule has 0 unspecified atom stereocenters. The Kier molecular flexibility index (Phi) is 5.00. The molecule has 0 aromatic heterocycles. The average Bonchev–Trinajstić information content (AvgIpc) is 2.44. The third kappa shape index (κ3) is 3.29. The van der Waals surface area contributed by atoms with Gasteiger partial charge in [-0.3, -0.25) is 9.59 Å². The second-order valence-electron chi connectivity index (χ2n) is 7.34. The molecule has 4 nitrogen and oxygen atoms in total. The highest BCUT2D eigenvalue weighted by atomic mass is 16.3. The fraction of sp³-hybridized carbons (Fsp3) is 0.500. The largest absolute Gasteiger partial charge is 0.512 e. The van der Waals surface area contributed by atoms with Gasteiger partial charge in [-0.25, -0.2) is 0 Å². The van der Waals surface area contributed by atoms with Crippen LogP contribution < -0.4 is 0 Å². The van der Waals surface area contributed by atoms with Gasteiger partial charge in [-0.1, -0.05) is 38.1 Å². The van der Waals surface area contributed by atoms with Crippen LogP contribution in [0.15, 0.2) is 35.6 Å². The molecule has 0 saturated carbocycles. The van der Waals surface area contributed by atoms with Crippen molar-refractivity contribution < 1.29 is 19.8 Å². The van der Waals surface area contributed by atoms with Crippen molar-refractivity contribution in [2.24, 2.45) is 5.92 Å². The SMILES string of the molecule is CC(=O)C1=C(O)C[C@@](C)(O)[C@H](C(C)=O)[C@@H]1c1ccc(C(C)C)cc1. The average molecular weight is 330 g/mol. The van der Waals surface area contributed by atoms with Gasteiger partial charge in [-0.05, 0) is 37.8 Å². The molecule has 2 rings (SSSR count). The number of Topliss-reactive ketones (excluding diaryl/α,β-unsaturated/α-hetero) is 2. The first kappa shape index (κ1) is 18.4. The molecule has 0 spiro atoms. The Hall–Kier alpha value is -1.94. The fourth-order valence-corrected chi connectivity index (χ4v) is 3.79. The predicted octanol–water partition coefficient (Wildman–Crippen LogP) is 3.65. The number of aliphatic hydroxyl groups is 2. The normalized spacial score (nSPS) is 27.5. The molecular formula is C20H26O4. The number of carbonyl (C=O) groups excluding carboxylic acids is 2. The van der Waals surface area contributed by atoms with E-state index >= 15 is 0 Å². The molecule has 24 heavy (non-hydrogen) atoms. The van der Waals surface area contributed by atoms with E-state index in [9.17, 15) is 19.8 Å². The van der Waals surface area contributed by atoms with Crippen molar-refractivity contribution in [1.82, 2.24) is 0 Å². The van der Waals surface area contributed by atoms with E-state index in [1.807, 2.05) is 24.3 Å². The van der Waals surface area contributed by atoms with Gasteiger partial charge in [0.25, 0.3) is 0 Å². The molecular weight excluding hydrogens is 304 g/mol. The highest BCUT2D eigenvalue weighted by Crippen LogP contribution is 2.47. The lowest BCUT2D eigenvalue weighted by molar-refractivity contribution is -0.132. The van der Waals surface area contributed by atoms with Gasteiger partial charge in [-0.2, -0.15) is 0 Å². The van der Waals surface area contributed by atoms with Gasteiger partial charge in [0.2, 0.25) is 0 Å². The molecule has 0 heterocycles. The first-order valence-electron chi connectivity index (χ1n) is 8.32. The first-order valence-corrected chi connectivity index (χ1v) is 8.32. The molecule has 0 bridgehead atoms. The van der Waals surface area contributed by atoms with Gasteiger partial charge in [0.1, 0.15) is 11.5 Å². The summed E-state index contributed by atoms with van der Waals surface area (Å²) in [4.78, 5) is 24.4. The van der Waals surface area contributed by atoms with E-state index in [1.165, 1.54) is 13.8 Å². The van der Waals surface area contributed by atoms with Gasteiger partial charge in [-0.15, -0.1) is 0 Å². The minimum Gasteiger partial charge on any atom is -0.512 e. The number of allylic oxidation sites excluding steroid dienone is 1. The lowest BCUT2D eigenvalue weighted by atomic mass is 9.64. The summed E-state index contributed by atoms with van der Waals surface area (Å²) >= 11 is 0. The van der Waals surface area contributed by atoms with Crippen LogP contribution in [0.3, 0.4) is 0 Å². The highest BCUT2D eigenvalue weighted by molar-refractivity contribution is 5.97. The summed E-state index contributed by atoms with van der Waals surface area (Å²) in [5, 5.41) is 21.1. The second kappa shape index (κ2) is 6.52. The Morgan fingerprint density at radius 3 is 2.12 bits per heavy atom. The van der Waals surface area contributed by atoms with E-state index < -0.39 is 17.4 Å². The Labute approximate surface area is 143 Å². The lowest BCUT2D eigenvalue weighted by Crippen LogP contribution is -2.47. The molecule has 1 aromatic carbocycles. The van der Waals surface area contributed by atoms with Crippen molar-refractivity contribution in [2.45, 2.75) is 58.5 Å². The molecule has 0 saturated heterocycles. The van der Waals surface area contributed by atoms with Crippen LogP contribution in [0, 0.1) is 5.92 Å². The molecule has 1 aliphatic carbocycles. The van der Waals surface area contributed by atoms with Gasteiger partial charge >= 0.3 is 0 Å². The summed E-state index contributed by atoms with van der Waals surface area (Å²) in [6, 6.07) is 7.70. The zero-order valence-corrected chi connectivity index (χ0v) is 15.0. The van der Waals surface area contributed by atoms with Crippen molar-refractivity contribution in [3.8, 4) is 0 Å². The van der Waals surface area contributed by atoms with Crippen molar-refractivity contribution in [1.29, 1.82) is 0 Å². The number of rotatable bonds is 4. The Morgan fingerprint density at radius 1 is 1.17 bits per heavy atom. The predicted molar refractivity (Wildman–Crippen MR) is 93.0 cm³/mol. The third-order valence-corrected chi connectivity index (χ3v) is 4.93. The van der Waals surface area contributed by atoms with Gasteiger partial charge in [0.15, 0.2) is 5.78 Å². The van der Waals surface area contributed by atoms with Gasteiger partial charge in [0, 0.05) is 17.9 Å². The summed E-state index contributed by atoms with van der Waals surface area (Å²) in [6.45, 7) is 8.53. The molecule has 1 aromatic rings. The molecule has 0 radical (unpaired) electrons. The number of ketones is 2. The number of carbonyl (C=O) groups is 2. The van der Waals surface area contributed by atoms with Gasteiger partial charge < -0.3 is 10.2 Å². The Bertz CT molecular complexity index is 680. The van der Waals surface area contributed by atoms with Crippen LogP contribution in [0.4, 0.5) is 0 Å². The van der Waals surface area contributed by atoms with E-state index in [-0.39, 0.29) is 29.3 Å². The molecule has 0 amide bonds. The zero-order chi connectivity index (χ0) is 18.2. The number of hydrogen-bond acceptors (Lipinski definition) is 4. The quantitative estimate of drug-likeness (QED) is 0.883. The minimum atomic E-state index is -1.39. The maximum Gasteiger partial charge on any atom is 0.159 e. The summed E-state index contributed by atoms with van der Waals surface area (Å²) in [5.41, 5.74) is 0.754. The van der Waals surface area contributed by atoms with E-state index in [0.29, 0.717) is 5.92 Å². The molecule has 0 fully saturated rings. The zero-order valence-electron chi connectivity index (χ0n) is 15.0. The Morgan fingerprint density at radius 2 is 1.71 bits per heavy atom. The monoisotopic (exact) mass is 330 g/mol. The molecule has 3 atom stereocenters. The maximum absolute atomic E-state index is 12.3. The summed E-state index contributed by atoms with van der Waals surface area (Å²) < 4.78 is 0. The standard InChI is InChI=1S/C20H26O4/c1-11(2)14-6-8-15(9-7-14)18-17(12(3)21)16(23)10-20(5,24)19(18)13(4)22/h6-9,11,18-19,23-24H,10H2,1-5H3/t18-,19-,20-/m1/s1. The highest BCUT2D eigenvalue weighted by Gasteiger charge is 2.49. The molecule has 130 valence electrons. The van der Waals surface area contributed by atoms with Crippen LogP contribution in [0.1, 0.15) is 64.0 Å². The van der Waals surface area contributed by atoms with Crippen molar-refractivity contribution in [3.63, 3.8) is 0 Å². The smallest absolute Gasteiger partial charge is 0.159 e. The van der Waals surface area contributed by atoms with E-state index in [2.05, 4.69) is 13.8 Å². The van der Waals surface area contributed by atoms with E-state index in [0.717, 1.165) is 11.1 Å². The second-order valence-corrected chi connectivity index (χ2v) is 7.34. The van der Waals surface area contributed by atoms with Gasteiger partial charge in [0.05, 0.1) is 11.5 Å². The van der Waals surface area contributed by atoms with Crippen LogP contribution >= 0.6 is 0 Å². The third-order valence-electron chi connectivity index (χ3n) is 4.93. The summed E-state index contributed by atoms with van der Waals surface area (Å²) in [7, 11) is 0. The molecule has 4 heteroatoms. The topological polar surface area (TPSA) is 74.6 Å². The maximum atomic E-state index is 12.3. The molecule has 0 aliphatic heterocycles. The molecule has 2 N–H and O–H groups in total. The molecule has 1 aliphatic rings. The Balaban J connectivity index is 2.64. The minimum absolute atomic E-state index is 0.0905. The van der Waals surface area contributed by atoms with Crippen molar-refractivity contribution >= 4 is 11.6 Å². The number of benzene rings is 1. The summed E-state index contributed by atoms with van der Waals surface area (Å²) in [6.07, 6.45) is -0.0905. The summed E-state index contributed by atoms with van der Waals surface area (Å²) in [5.74, 6) is -1.62.